The predicted octanol–water partition coefficient (Wildman–Crippen LogP) is 17.1. The largest absolute Gasteiger partial charge is 0.308 e. The minimum Gasteiger partial charge on any atom is -0.308 e. The van der Waals surface area contributed by atoms with Crippen molar-refractivity contribution < 1.29 is 0 Å². The predicted molar refractivity (Wildman–Crippen MR) is 269 cm³/mol. The summed E-state index contributed by atoms with van der Waals surface area (Å²) < 4.78 is 2.58. The Morgan fingerprint density at radius 1 is 0.222 bits per heavy atom. The van der Waals surface area contributed by atoms with E-state index in [9.17, 15) is 0 Å². The molecule has 0 bridgehead atoms. The van der Waals surface area contributed by atoms with Gasteiger partial charge >= 0.3 is 0 Å². The Bertz CT molecular complexity index is 3500. The molecule has 0 aliphatic rings. The molecular weight excluding hydrogens is 759 g/mol. The molecular formula is C62H39N. The topological polar surface area (TPSA) is 4.41 Å². The van der Waals surface area contributed by atoms with Gasteiger partial charge in [-0.2, -0.15) is 0 Å². The van der Waals surface area contributed by atoms with Gasteiger partial charge in [-0.05, 0) is 137 Å². The summed E-state index contributed by atoms with van der Waals surface area (Å²) in [4.78, 5) is 0. The van der Waals surface area contributed by atoms with Gasteiger partial charge < -0.3 is 4.40 Å². The zero-order valence-electron chi connectivity index (χ0n) is 34.5. The number of para-hydroxylation sites is 1. The van der Waals surface area contributed by atoms with Crippen LogP contribution in [0.4, 0.5) is 0 Å². The summed E-state index contributed by atoms with van der Waals surface area (Å²) in [5, 5.41) is 10.1. The number of aromatic nitrogens is 1. The van der Waals surface area contributed by atoms with Crippen LogP contribution in [0.25, 0.3) is 126 Å². The zero-order chi connectivity index (χ0) is 41.4. The number of fused-ring (bicyclic) bond motifs is 8. The molecule has 0 spiro atoms. The normalized spacial score (nSPS) is 11.8. The fourth-order valence-electron chi connectivity index (χ4n) is 10.5. The van der Waals surface area contributed by atoms with E-state index >= 15 is 0 Å². The minimum absolute atomic E-state index is 1.21. The molecule has 0 amide bonds. The molecule has 13 rings (SSSR count). The van der Waals surface area contributed by atoms with Gasteiger partial charge in [0, 0.05) is 21.5 Å². The molecule has 292 valence electrons. The molecule has 0 aliphatic carbocycles. The van der Waals surface area contributed by atoms with E-state index in [2.05, 4.69) is 241 Å². The average Bonchev–Trinajstić information content (AvgIpc) is 3.87. The standard InChI is InChI=1S/C62H39N/c1-5-18-40(19-6-1)46-32-47(41-20-7-2-8-21-41)35-50(34-46)58-52-28-15-13-26-44(52)38-56-60(58)54-30-17-31-55-61-57(63(56)62(54)55)39-45-27-14-16-29-53(45)59(61)51-36-48(42-22-9-3-10-23-42)33-49(37-51)43-24-11-4-12-25-43/h1-39H. The fourth-order valence-corrected chi connectivity index (χ4v) is 10.5. The first-order valence-corrected chi connectivity index (χ1v) is 21.8. The second kappa shape index (κ2) is 14.2. The third kappa shape index (κ3) is 5.64. The maximum atomic E-state index is 2.58. The molecule has 2 heterocycles. The summed E-state index contributed by atoms with van der Waals surface area (Å²) in [7, 11) is 0. The summed E-state index contributed by atoms with van der Waals surface area (Å²) >= 11 is 0. The van der Waals surface area contributed by atoms with Crippen LogP contribution in [-0.2, 0) is 0 Å². The lowest BCUT2D eigenvalue weighted by Gasteiger charge is -2.16. The van der Waals surface area contributed by atoms with Gasteiger partial charge in [0.25, 0.3) is 0 Å². The molecule has 1 nitrogen and oxygen atoms in total. The Hall–Kier alpha value is -8.26. The number of rotatable bonds is 6. The van der Waals surface area contributed by atoms with E-state index in [0.29, 0.717) is 0 Å². The summed E-state index contributed by atoms with van der Waals surface area (Å²) in [5.74, 6) is 0. The van der Waals surface area contributed by atoms with E-state index in [4.69, 9.17) is 0 Å². The first-order chi connectivity index (χ1) is 31.2. The van der Waals surface area contributed by atoms with Crippen LogP contribution in [0.2, 0.25) is 0 Å². The Labute approximate surface area is 365 Å². The van der Waals surface area contributed by atoms with Crippen molar-refractivity contribution >= 4 is 59.6 Å². The van der Waals surface area contributed by atoms with E-state index in [-0.39, 0.29) is 0 Å². The summed E-state index contributed by atoms with van der Waals surface area (Å²) in [6.07, 6.45) is 0. The first-order valence-electron chi connectivity index (χ1n) is 21.8. The molecule has 0 aliphatic heterocycles. The average molecular weight is 798 g/mol. The molecule has 0 atom stereocenters. The van der Waals surface area contributed by atoms with Crippen LogP contribution in [0.3, 0.4) is 0 Å². The zero-order valence-corrected chi connectivity index (χ0v) is 34.5. The second-order valence-corrected chi connectivity index (χ2v) is 16.8. The SMILES string of the molecule is c1ccc(-c2cc(-c3ccccc3)cc(-c3c4ccccc4cc4c3c3cccc5c6c(-c7cc(-c8ccccc8)cc(-c8ccccc8)c7)c7ccccc7cc6n4c35)c2)cc1. The van der Waals surface area contributed by atoms with E-state index in [1.807, 2.05) is 0 Å². The molecule has 2 aromatic heterocycles. The van der Waals surface area contributed by atoms with Gasteiger partial charge in [0.1, 0.15) is 0 Å². The van der Waals surface area contributed by atoms with Crippen molar-refractivity contribution in [2.45, 2.75) is 0 Å². The highest BCUT2D eigenvalue weighted by atomic mass is 14.9. The van der Waals surface area contributed by atoms with Crippen molar-refractivity contribution in [3.05, 3.63) is 237 Å². The van der Waals surface area contributed by atoms with Crippen LogP contribution in [0, 0.1) is 0 Å². The van der Waals surface area contributed by atoms with Crippen molar-refractivity contribution in [1.82, 2.24) is 4.40 Å². The number of hydrogen-bond acceptors (Lipinski definition) is 0. The van der Waals surface area contributed by atoms with E-state index in [1.165, 1.54) is 126 Å². The Kier molecular flexibility index (Phi) is 7.98. The Morgan fingerprint density at radius 3 is 0.889 bits per heavy atom. The molecule has 0 fully saturated rings. The van der Waals surface area contributed by atoms with Crippen molar-refractivity contribution in [2.75, 3.05) is 0 Å². The molecule has 0 saturated carbocycles. The van der Waals surface area contributed by atoms with Crippen LogP contribution in [-0.4, -0.2) is 4.40 Å². The molecule has 63 heavy (non-hydrogen) atoms. The highest BCUT2D eigenvalue weighted by molar-refractivity contribution is 6.32. The molecule has 1 heteroatoms. The van der Waals surface area contributed by atoms with Crippen molar-refractivity contribution in [3.8, 4) is 66.8 Å². The highest BCUT2D eigenvalue weighted by Gasteiger charge is 2.25. The van der Waals surface area contributed by atoms with Gasteiger partial charge in [-0.15, -0.1) is 0 Å². The van der Waals surface area contributed by atoms with Crippen LogP contribution < -0.4 is 0 Å². The third-order valence-electron chi connectivity index (χ3n) is 13.2. The molecule has 11 aromatic carbocycles. The number of nitrogens with zero attached hydrogens (tertiary/aromatic N) is 1. The van der Waals surface area contributed by atoms with Crippen LogP contribution in [0.15, 0.2) is 237 Å². The molecule has 0 N–H and O–H groups in total. The lowest BCUT2D eigenvalue weighted by Crippen LogP contribution is -1.91. The van der Waals surface area contributed by atoms with Crippen LogP contribution in [0.1, 0.15) is 0 Å². The smallest absolute Gasteiger partial charge is 0.0620 e. The molecule has 0 saturated heterocycles. The van der Waals surface area contributed by atoms with E-state index in [0.717, 1.165) is 0 Å². The minimum atomic E-state index is 1.21. The van der Waals surface area contributed by atoms with Gasteiger partial charge in [0.15, 0.2) is 0 Å². The van der Waals surface area contributed by atoms with Gasteiger partial charge in [-0.25, -0.2) is 0 Å². The molecule has 13 aromatic rings. The Balaban J connectivity index is 1.16. The number of benzene rings is 11. The third-order valence-corrected chi connectivity index (χ3v) is 13.2. The fraction of sp³-hybridized carbons (Fsp3) is 0. The van der Waals surface area contributed by atoms with Crippen LogP contribution >= 0.6 is 0 Å². The highest BCUT2D eigenvalue weighted by Crippen LogP contribution is 2.50. The monoisotopic (exact) mass is 797 g/mol. The molecule has 0 radical (unpaired) electrons. The maximum Gasteiger partial charge on any atom is 0.0620 e. The number of hydrogen-bond donors (Lipinski definition) is 0. The summed E-state index contributed by atoms with van der Waals surface area (Å²) in [6, 6.07) is 87.3. The van der Waals surface area contributed by atoms with Gasteiger partial charge in [-0.1, -0.05) is 188 Å². The van der Waals surface area contributed by atoms with E-state index in [1.54, 1.807) is 0 Å². The lowest BCUT2D eigenvalue weighted by molar-refractivity contribution is 1.38. The lowest BCUT2D eigenvalue weighted by atomic mass is 9.87. The van der Waals surface area contributed by atoms with Gasteiger partial charge in [-0.3, -0.25) is 0 Å². The quantitative estimate of drug-likeness (QED) is 0.158. The van der Waals surface area contributed by atoms with Crippen LogP contribution in [0.5, 0.6) is 0 Å². The van der Waals surface area contributed by atoms with Crippen molar-refractivity contribution in [2.24, 2.45) is 0 Å². The Morgan fingerprint density at radius 2 is 0.524 bits per heavy atom. The van der Waals surface area contributed by atoms with Gasteiger partial charge in [0.2, 0.25) is 0 Å². The maximum absolute atomic E-state index is 2.58. The van der Waals surface area contributed by atoms with Gasteiger partial charge in [0.05, 0.1) is 16.6 Å². The molecule has 0 unspecified atom stereocenters. The second-order valence-electron chi connectivity index (χ2n) is 16.8. The first kappa shape index (κ1) is 35.5. The van der Waals surface area contributed by atoms with Crippen molar-refractivity contribution in [3.63, 3.8) is 0 Å². The van der Waals surface area contributed by atoms with E-state index < -0.39 is 0 Å². The summed E-state index contributed by atoms with van der Waals surface area (Å²) in [5.41, 5.74) is 18.3. The summed E-state index contributed by atoms with van der Waals surface area (Å²) in [6.45, 7) is 0. The van der Waals surface area contributed by atoms with Crippen molar-refractivity contribution in [1.29, 1.82) is 0 Å².